The molecule has 0 atom stereocenters. The number of carbonyl (C=O) groups excluding carboxylic acids is 1. The van der Waals surface area contributed by atoms with E-state index in [-0.39, 0.29) is 17.0 Å². The van der Waals surface area contributed by atoms with Crippen molar-refractivity contribution < 1.29 is 4.79 Å². The molecule has 0 aliphatic heterocycles. The van der Waals surface area contributed by atoms with E-state index >= 15 is 0 Å². The van der Waals surface area contributed by atoms with Crippen molar-refractivity contribution in [3.05, 3.63) is 105 Å². The molecule has 1 heterocycles. The third kappa shape index (κ3) is 5.88. The van der Waals surface area contributed by atoms with Crippen molar-refractivity contribution in [2.45, 2.75) is 19.8 Å². The first kappa shape index (κ1) is 25.3. The van der Waals surface area contributed by atoms with Crippen molar-refractivity contribution in [2.75, 3.05) is 23.7 Å². The van der Waals surface area contributed by atoms with Crippen LogP contribution in [0.3, 0.4) is 0 Å². The maximum atomic E-state index is 13.3. The van der Waals surface area contributed by atoms with E-state index in [2.05, 4.69) is 21.8 Å². The average Bonchev–Trinajstić information content (AvgIpc) is 3.26. The quantitative estimate of drug-likeness (QED) is 0.176. The number of ketones is 1. The second kappa shape index (κ2) is 11.8. The lowest BCUT2D eigenvalue weighted by atomic mass is 10.0. The number of unbranched alkanes of at least 4 members (excludes halogenated alkanes) is 1. The third-order valence-corrected chi connectivity index (χ3v) is 6.26. The molecular weight excluding hydrogens is 493 g/mol. The Balaban J connectivity index is 1.53. The number of hydrogen-bond donors (Lipinski definition) is 2. The number of halogens is 2. The van der Waals surface area contributed by atoms with Crippen molar-refractivity contribution in [2.24, 2.45) is 0 Å². The van der Waals surface area contributed by atoms with Gasteiger partial charge in [-0.05, 0) is 56.2 Å². The zero-order valence-electron chi connectivity index (χ0n) is 19.8. The molecule has 4 aromatic rings. The summed E-state index contributed by atoms with van der Waals surface area (Å²) in [5.41, 5.74) is 3.45. The maximum absolute atomic E-state index is 13.3. The number of carbonyl (C=O) groups is 1. The van der Waals surface area contributed by atoms with Gasteiger partial charge in [-0.1, -0.05) is 65.2 Å². The lowest BCUT2D eigenvalue weighted by molar-refractivity contribution is 0.103. The predicted octanol–water partition coefficient (Wildman–Crippen LogP) is 6.89. The molecule has 0 radical (unpaired) electrons. The number of benzene rings is 3. The van der Waals surface area contributed by atoms with E-state index in [0.29, 0.717) is 33.7 Å². The van der Waals surface area contributed by atoms with Crippen LogP contribution in [0.4, 0.5) is 11.5 Å². The number of rotatable bonds is 10. The first-order valence-electron chi connectivity index (χ1n) is 11.6. The molecule has 0 fully saturated rings. The van der Waals surface area contributed by atoms with E-state index in [1.54, 1.807) is 41.1 Å². The molecule has 0 saturated heterocycles. The van der Waals surface area contributed by atoms with Crippen LogP contribution in [-0.2, 0) is 0 Å². The maximum Gasteiger partial charge on any atom is 0.214 e. The van der Waals surface area contributed by atoms with Crippen LogP contribution in [0, 0.1) is 18.3 Å². The first-order valence-corrected chi connectivity index (χ1v) is 12.4. The van der Waals surface area contributed by atoms with E-state index < -0.39 is 0 Å². The number of anilines is 2. The number of nitriles is 1. The van der Waals surface area contributed by atoms with Gasteiger partial charge in [-0.3, -0.25) is 4.79 Å². The van der Waals surface area contributed by atoms with Crippen molar-refractivity contribution >= 4 is 40.5 Å². The fourth-order valence-corrected chi connectivity index (χ4v) is 4.07. The fraction of sp³-hybridized carbons (Fsp3) is 0.179. The highest BCUT2D eigenvalue weighted by atomic mass is 35.5. The summed E-state index contributed by atoms with van der Waals surface area (Å²) in [6.07, 6.45) is 1.71. The average molecular weight is 518 g/mol. The minimum atomic E-state index is -0.300. The molecule has 0 spiro atoms. The van der Waals surface area contributed by atoms with Crippen molar-refractivity contribution in [3.8, 4) is 11.8 Å². The molecule has 0 amide bonds. The van der Waals surface area contributed by atoms with Crippen LogP contribution in [-0.4, -0.2) is 28.7 Å². The van der Waals surface area contributed by atoms with Gasteiger partial charge in [0.1, 0.15) is 17.5 Å². The predicted molar refractivity (Wildman–Crippen MR) is 146 cm³/mol. The van der Waals surface area contributed by atoms with E-state index in [1.165, 1.54) is 0 Å². The summed E-state index contributed by atoms with van der Waals surface area (Å²) in [5.74, 6) is 0.181. The van der Waals surface area contributed by atoms with Gasteiger partial charge in [-0.25, -0.2) is 4.68 Å². The highest BCUT2D eigenvalue weighted by Crippen LogP contribution is 2.26. The molecule has 0 bridgehead atoms. The molecule has 0 unspecified atom stereocenters. The summed E-state index contributed by atoms with van der Waals surface area (Å²) < 4.78 is 1.60. The standard InChI is InChI=1S/C28H25Cl2N5O/c1-19-8-10-20(11-9-19)27(36)26-23(18-31)28(35(34-26)22-14-12-21(29)13-15-22)33-17-5-4-16-32-25-7-3-2-6-24(25)30/h2-3,6-15,32-33H,4-5,16-17H2,1H3. The molecule has 2 N–H and O–H groups in total. The molecule has 36 heavy (non-hydrogen) atoms. The zero-order chi connectivity index (χ0) is 25.5. The number of aryl methyl sites for hydroxylation is 1. The molecule has 0 saturated carbocycles. The fourth-order valence-electron chi connectivity index (χ4n) is 3.74. The van der Waals surface area contributed by atoms with Gasteiger partial charge in [0.2, 0.25) is 5.78 Å². The number of para-hydroxylation sites is 1. The smallest absolute Gasteiger partial charge is 0.214 e. The Hall–Kier alpha value is -3.79. The van der Waals surface area contributed by atoms with Crippen LogP contribution in [0.1, 0.15) is 40.0 Å². The Morgan fingerprint density at radius 2 is 1.61 bits per heavy atom. The van der Waals surface area contributed by atoms with Crippen LogP contribution in [0.5, 0.6) is 0 Å². The highest BCUT2D eigenvalue weighted by molar-refractivity contribution is 6.33. The zero-order valence-corrected chi connectivity index (χ0v) is 21.3. The molecule has 0 aliphatic rings. The molecular formula is C28H25Cl2N5O. The van der Waals surface area contributed by atoms with E-state index in [4.69, 9.17) is 23.2 Å². The number of nitrogens with one attached hydrogen (secondary N) is 2. The molecule has 3 aromatic carbocycles. The lowest BCUT2D eigenvalue weighted by Crippen LogP contribution is -2.10. The summed E-state index contributed by atoms with van der Waals surface area (Å²) in [5, 5.41) is 22.5. The molecule has 0 aliphatic carbocycles. The molecule has 4 rings (SSSR count). The molecule has 1 aromatic heterocycles. The van der Waals surface area contributed by atoms with Gasteiger partial charge in [0.05, 0.1) is 16.4 Å². The van der Waals surface area contributed by atoms with Crippen molar-refractivity contribution in [1.82, 2.24) is 9.78 Å². The third-order valence-electron chi connectivity index (χ3n) is 5.68. The summed E-state index contributed by atoms with van der Waals surface area (Å²) in [7, 11) is 0. The Morgan fingerprint density at radius 1 is 0.944 bits per heavy atom. The largest absolute Gasteiger partial charge is 0.384 e. The van der Waals surface area contributed by atoms with Crippen LogP contribution in [0.2, 0.25) is 10.0 Å². The second-order valence-corrected chi connectivity index (χ2v) is 9.15. The molecule has 6 nitrogen and oxygen atoms in total. The minimum absolute atomic E-state index is 0.110. The second-order valence-electron chi connectivity index (χ2n) is 8.31. The topological polar surface area (TPSA) is 82.7 Å². The Morgan fingerprint density at radius 3 is 2.28 bits per heavy atom. The van der Waals surface area contributed by atoms with Gasteiger partial charge in [-0.15, -0.1) is 0 Å². The number of aromatic nitrogens is 2. The lowest BCUT2D eigenvalue weighted by Gasteiger charge is -2.11. The molecule has 182 valence electrons. The van der Waals surface area contributed by atoms with Crippen molar-refractivity contribution in [1.29, 1.82) is 5.26 Å². The van der Waals surface area contributed by atoms with Crippen LogP contribution in [0.15, 0.2) is 72.8 Å². The van der Waals surface area contributed by atoms with E-state index in [1.807, 2.05) is 43.3 Å². The Labute approximate surface area is 220 Å². The van der Waals surface area contributed by atoms with Gasteiger partial charge >= 0.3 is 0 Å². The van der Waals surface area contributed by atoms with Gasteiger partial charge in [0.25, 0.3) is 0 Å². The van der Waals surface area contributed by atoms with Crippen LogP contribution in [0.25, 0.3) is 5.69 Å². The normalized spacial score (nSPS) is 10.6. The molecule has 8 heteroatoms. The summed E-state index contributed by atoms with van der Waals surface area (Å²) in [6, 6.07) is 24.1. The van der Waals surface area contributed by atoms with E-state index in [0.717, 1.165) is 30.6 Å². The van der Waals surface area contributed by atoms with Gasteiger partial charge < -0.3 is 10.6 Å². The minimum Gasteiger partial charge on any atom is -0.384 e. The summed E-state index contributed by atoms with van der Waals surface area (Å²) in [4.78, 5) is 13.3. The summed E-state index contributed by atoms with van der Waals surface area (Å²) >= 11 is 12.3. The van der Waals surface area contributed by atoms with Crippen LogP contribution < -0.4 is 10.6 Å². The van der Waals surface area contributed by atoms with Gasteiger partial charge in [-0.2, -0.15) is 10.4 Å². The Kier molecular flexibility index (Phi) is 8.27. The van der Waals surface area contributed by atoms with Gasteiger partial charge in [0.15, 0.2) is 5.69 Å². The summed E-state index contributed by atoms with van der Waals surface area (Å²) in [6.45, 7) is 3.30. The SMILES string of the molecule is Cc1ccc(C(=O)c2nn(-c3ccc(Cl)cc3)c(NCCCCNc3ccccc3Cl)c2C#N)cc1. The van der Waals surface area contributed by atoms with Gasteiger partial charge in [0, 0.05) is 23.7 Å². The monoisotopic (exact) mass is 517 g/mol. The number of nitrogens with zero attached hydrogens (tertiary/aromatic N) is 3. The van der Waals surface area contributed by atoms with Crippen LogP contribution >= 0.6 is 23.2 Å². The highest BCUT2D eigenvalue weighted by Gasteiger charge is 2.25. The van der Waals surface area contributed by atoms with E-state index in [9.17, 15) is 10.1 Å². The van der Waals surface area contributed by atoms with Crippen molar-refractivity contribution in [3.63, 3.8) is 0 Å². The number of hydrogen-bond acceptors (Lipinski definition) is 5. The first-order chi connectivity index (χ1) is 17.5. The Bertz CT molecular complexity index is 1390.